The van der Waals surface area contributed by atoms with Crippen molar-refractivity contribution in [2.75, 3.05) is 13.7 Å². The molecule has 1 rings (SSSR count). The lowest BCUT2D eigenvalue weighted by Gasteiger charge is -2.12. The minimum absolute atomic E-state index is 0.0637. The zero-order valence-corrected chi connectivity index (χ0v) is 10.7. The third-order valence-corrected chi connectivity index (χ3v) is 2.62. The maximum Gasteiger partial charge on any atom is 0.306 e. The third-order valence-electron chi connectivity index (χ3n) is 2.62. The number of hydrogen-bond acceptors (Lipinski definition) is 4. The summed E-state index contributed by atoms with van der Waals surface area (Å²) in [6, 6.07) is 9.83. The summed E-state index contributed by atoms with van der Waals surface area (Å²) in [6.45, 7) is 2.31. The van der Waals surface area contributed by atoms with Crippen LogP contribution in [0.1, 0.15) is 31.2 Å². The van der Waals surface area contributed by atoms with E-state index >= 15 is 0 Å². The van der Waals surface area contributed by atoms with E-state index in [0.717, 1.165) is 5.56 Å². The molecule has 0 aromatic heterocycles. The molecule has 4 heteroatoms. The normalized spacial score (nSPS) is 11.7. The fraction of sp³-hybridized carbons (Fsp3) is 0.429. The number of esters is 2. The van der Waals surface area contributed by atoms with Gasteiger partial charge in [0, 0.05) is 5.92 Å². The first-order valence-corrected chi connectivity index (χ1v) is 5.91. The van der Waals surface area contributed by atoms with Crippen LogP contribution < -0.4 is 0 Å². The second-order valence-electron chi connectivity index (χ2n) is 4.07. The summed E-state index contributed by atoms with van der Waals surface area (Å²) in [4.78, 5) is 22.2. The molecule has 0 saturated carbocycles. The maximum atomic E-state index is 11.4. The molecule has 0 aliphatic rings. The lowest BCUT2D eigenvalue weighted by Crippen LogP contribution is -2.12. The van der Waals surface area contributed by atoms with Crippen molar-refractivity contribution in [1.82, 2.24) is 0 Å². The van der Waals surface area contributed by atoms with E-state index in [-0.39, 0.29) is 24.7 Å². The molecule has 0 bridgehead atoms. The summed E-state index contributed by atoms with van der Waals surface area (Å²) in [5, 5.41) is 0. The average molecular weight is 250 g/mol. The number of methoxy groups -OCH3 is 1. The summed E-state index contributed by atoms with van der Waals surface area (Å²) < 4.78 is 9.56. The molecular weight excluding hydrogens is 232 g/mol. The lowest BCUT2D eigenvalue weighted by atomic mass is 10.0. The second-order valence-corrected chi connectivity index (χ2v) is 4.07. The minimum atomic E-state index is -0.400. The summed E-state index contributed by atoms with van der Waals surface area (Å²) in [7, 11) is 1.30. The van der Waals surface area contributed by atoms with Gasteiger partial charge >= 0.3 is 11.9 Å². The SMILES string of the molecule is COC(=O)CCC(=O)OC[C@H](C)c1ccccc1. The van der Waals surface area contributed by atoms with Crippen LogP contribution in [0.3, 0.4) is 0 Å². The van der Waals surface area contributed by atoms with Crippen LogP contribution in [0.15, 0.2) is 30.3 Å². The second kappa shape index (κ2) is 7.48. The van der Waals surface area contributed by atoms with Gasteiger partial charge in [0.15, 0.2) is 0 Å². The predicted octanol–water partition coefficient (Wildman–Crippen LogP) is 2.29. The Bertz CT molecular complexity index is 386. The van der Waals surface area contributed by atoms with Crippen LogP contribution in [-0.2, 0) is 19.1 Å². The number of rotatable bonds is 6. The Morgan fingerprint density at radius 2 is 1.72 bits per heavy atom. The predicted molar refractivity (Wildman–Crippen MR) is 67.1 cm³/mol. The zero-order valence-electron chi connectivity index (χ0n) is 10.7. The van der Waals surface area contributed by atoms with Crippen LogP contribution in [0.4, 0.5) is 0 Å². The molecule has 0 spiro atoms. The Morgan fingerprint density at radius 1 is 1.11 bits per heavy atom. The van der Waals surface area contributed by atoms with Gasteiger partial charge in [-0.3, -0.25) is 9.59 Å². The van der Waals surface area contributed by atoms with Gasteiger partial charge in [0.1, 0.15) is 0 Å². The van der Waals surface area contributed by atoms with E-state index < -0.39 is 5.97 Å². The van der Waals surface area contributed by atoms with Gasteiger partial charge in [-0.25, -0.2) is 0 Å². The molecule has 0 unspecified atom stereocenters. The number of ether oxygens (including phenoxy) is 2. The van der Waals surface area contributed by atoms with E-state index in [9.17, 15) is 9.59 Å². The molecule has 0 heterocycles. The zero-order chi connectivity index (χ0) is 13.4. The standard InChI is InChI=1S/C14H18O4/c1-11(12-6-4-3-5-7-12)10-18-14(16)9-8-13(15)17-2/h3-7,11H,8-10H2,1-2H3/t11-/m0/s1. The topological polar surface area (TPSA) is 52.6 Å². The molecule has 1 aromatic carbocycles. The Balaban J connectivity index is 2.28. The smallest absolute Gasteiger partial charge is 0.306 e. The van der Waals surface area contributed by atoms with Crippen LogP contribution in [0.25, 0.3) is 0 Å². The van der Waals surface area contributed by atoms with E-state index in [0.29, 0.717) is 6.61 Å². The van der Waals surface area contributed by atoms with Crippen LogP contribution in [0.2, 0.25) is 0 Å². The van der Waals surface area contributed by atoms with Crippen molar-refractivity contribution in [3.63, 3.8) is 0 Å². The van der Waals surface area contributed by atoms with Gasteiger partial charge in [0.2, 0.25) is 0 Å². The van der Waals surface area contributed by atoms with Crippen molar-refractivity contribution in [2.45, 2.75) is 25.7 Å². The molecule has 4 nitrogen and oxygen atoms in total. The fourth-order valence-corrected chi connectivity index (χ4v) is 1.47. The van der Waals surface area contributed by atoms with Gasteiger partial charge in [-0.2, -0.15) is 0 Å². The van der Waals surface area contributed by atoms with Gasteiger partial charge in [0.05, 0.1) is 26.6 Å². The van der Waals surface area contributed by atoms with Gasteiger partial charge in [-0.1, -0.05) is 37.3 Å². The molecule has 18 heavy (non-hydrogen) atoms. The maximum absolute atomic E-state index is 11.4. The third kappa shape index (κ3) is 4.99. The van der Waals surface area contributed by atoms with Gasteiger partial charge < -0.3 is 9.47 Å². The summed E-state index contributed by atoms with van der Waals surface area (Å²) >= 11 is 0. The average Bonchev–Trinajstić information content (AvgIpc) is 2.42. The molecule has 1 atom stereocenters. The molecule has 0 fully saturated rings. The molecule has 1 aromatic rings. The number of hydrogen-bond donors (Lipinski definition) is 0. The highest BCUT2D eigenvalue weighted by atomic mass is 16.5. The number of benzene rings is 1. The number of carbonyl (C=O) groups excluding carboxylic acids is 2. The molecule has 0 radical (unpaired) electrons. The molecule has 0 N–H and O–H groups in total. The summed E-state index contributed by atoms with van der Waals surface area (Å²) in [5.41, 5.74) is 1.12. The Hall–Kier alpha value is -1.84. The van der Waals surface area contributed by atoms with Crippen molar-refractivity contribution in [1.29, 1.82) is 0 Å². The first-order chi connectivity index (χ1) is 8.63. The molecule has 0 aliphatic carbocycles. The van der Waals surface area contributed by atoms with Crippen molar-refractivity contribution >= 4 is 11.9 Å². The highest BCUT2D eigenvalue weighted by Crippen LogP contribution is 2.14. The Labute approximate surface area is 107 Å². The van der Waals surface area contributed by atoms with E-state index in [1.807, 2.05) is 37.3 Å². The van der Waals surface area contributed by atoms with Crippen molar-refractivity contribution in [3.8, 4) is 0 Å². The van der Waals surface area contributed by atoms with Crippen LogP contribution in [0.5, 0.6) is 0 Å². The first-order valence-electron chi connectivity index (χ1n) is 5.91. The summed E-state index contributed by atoms with van der Waals surface area (Å²) in [6.07, 6.45) is 0.128. The minimum Gasteiger partial charge on any atom is -0.469 e. The van der Waals surface area contributed by atoms with Crippen molar-refractivity contribution < 1.29 is 19.1 Å². The highest BCUT2D eigenvalue weighted by molar-refractivity contribution is 5.77. The molecule has 0 saturated heterocycles. The summed E-state index contributed by atoms with van der Waals surface area (Å²) in [5.74, 6) is -0.625. The number of carbonyl (C=O) groups is 2. The van der Waals surface area contributed by atoms with Crippen LogP contribution in [0, 0.1) is 0 Å². The van der Waals surface area contributed by atoms with Crippen LogP contribution >= 0.6 is 0 Å². The Kier molecular flexibility index (Phi) is 5.91. The van der Waals surface area contributed by atoms with Gasteiger partial charge in [0.25, 0.3) is 0 Å². The van der Waals surface area contributed by atoms with Crippen molar-refractivity contribution in [2.24, 2.45) is 0 Å². The van der Waals surface area contributed by atoms with E-state index in [1.54, 1.807) is 0 Å². The van der Waals surface area contributed by atoms with Gasteiger partial charge in [-0.15, -0.1) is 0 Å². The largest absolute Gasteiger partial charge is 0.469 e. The van der Waals surface area contributed by atoms with Crippen LogP contribution in [-0.4, -0.2) is 25.7 Å². The molecule has 98 valence electrons. The highest BCUT2D eigenvalue weighted by Gasteiger charge is 2.11. The molecule has 0 amide bonds. The van der Waals surface area contributed by atoms with Gasteiger partial charge in [-0.05, 0) is 5.56 Å². The quantitative estimate of drug-likeness (QED) is 0.727. The van der Waals surface area contributed by atoms with Crippen molar-refractivity contribution in [3.05, 3.63) is 35.9 Å². The lowest BCUT2D eigenvalue weighted by molar-refractivity contribution is -0.149. The van der Waals surface area contributed by atoms with E-state index in [4.69, 9.17) is 4.74 Å². The van der Waals surface area contributed by atoms with E-state index in [1.165, 1.54) is 7.11 Å². The molecular formula is C14H18O4. The first kappa shape index (κ1) is 14.2. The molecule has 0 aliphatic heterocycles. The van der Waals surface area contributed by atoms with E-state index in [2.05, 4.69) is 4.74 Å². The Morgan fingerprint density at radius 3 is 2.33 bits per heavy atom. The fourth-order valence-electron chi connectivity index (χ4n) is 1.47. The monoisotopic (exact) mass is 250 g/mol.